The fourth-order valence-electron chi connectivity index (χ4n) is 0.407. The third kappa shape index (κ3) is 2.00. The van der Waals surface area contributed by atoms with Gasteiger partial charge in [0.2, 0.25) is 0 Å². The van der Waals surface area contributed by atoms with Gasteiger partial charge in [0.05, 0.1) is 0 Å². The zero-order valence-corrected chi connectivity index (χ0v) is 7.70. The van der Waals surface area contributed by atoms with Crippen molar-refractivity contribution >= 4 is 41.0 Å². The van der Waals surface area contributed by atoms with Gasteiger partial charge in [0.25, 0.3) is 0 Å². The lowest BCUT2D eigenvalue weighted by Crippen LogP contribution is -1.81. The van der Waals surface area contributed by atoms with Crippen LogP contribution in [0.3, 0.4) is 0 Å². The highest BCUT2D eigenvalue weighted by Crippen LogP contribution is 2.09. The molecule has 0 unspecified atom stereocenters. The summed E-state index contributed by atoms with van der Waals surface area (Å²) in [5, 5.41) is 7.13. The lowest BCUT2D eigenvalue weighted by molar-refractivity contribution is 1.56. The zero-order valence-electron chi connectivity index (χ0n) is 4.55. The summed E-state index contributed by atoms with van der Waals surface area (Å²) in [5.74, 6) is 0. The summed E-state index contributed by atoms with van der Waals surface area (Å²) in [7, 11) is 1.92. The van der Waals surface area contributed by atoms with Gasteiger partial charge in [-0.25, -0.2) is 0 Å². The number of anilines is 1. The van der Waals surface area contributed by atoms with Crippen LogP contribution in [0.4, 0.5) is 5.69 Å². The molecule has 8 heavy (non-hydrogen) atoms. The summed E-state index contributed by atoms with van der Waals surface area (Å²) in [6.45, 7) is 0. The summed E-state index contributed by atoms with van der Waals surface area (Å²) < 4.78 is 0. The number of halogens is 1. The van der Waals surface area contributed by atoms with Crippen molar-refractivity contribution in [2.45, 2.75) is 0 Å². The van der Waals surface area contributed by atoms with Gasteiger partial charge in [-0.1, -0.05) is 0 Å². The van der Waals surface area contributed by atoms with E-state index < -0.39 is 0 Å². The van der Waals surface area contributed by atoms with Crippen LogP contribution >= 0.6 is 35.3 Å². The van der Waals surface area contributed by atoms with Crippen molar-refractivity contribution in [1.82, 2.24) is 0 Å². The molecule has 0 radical (unpaired) electrons. The van der Waals surface area contributed by atoms with Crippen molar-refractivity contribution in [2.75, 3.05) is 12.4 Å². The SMILES string of the molecule is CNc1ccsc1.I. The second-order valence-corrected chi connectivity index (χ2v) is 2.04. The predicted octanol–water partition coefficient (Wildman–Crippen LogP) is 2.41. The highest BCUT2D eigenvalue weighted by atomic mass is 127. The van der Waals surface area contributed by atoms with Crippen LogP contribution in [-0.2, 0) is 0 Å². The highest BCUT2D eigenvalue weighted by Gasteiger charge is 1.80. The van der Waals surface area contributed by atoms with E-state index in [9.17, 15) is 0 Å². The standard InChI is InChI=1S/C5H7NS.HI/c1-6-5-2-3-7-4-5;/h2-4,6H,1H3;1H. The molecule has 0 saturated carbocycles. The third-order valence-electron chi connectivity index (χ3n) is 0.810. The van der Waals surface area contributed by atoms with Crippen molar-refractivity contribution < 1.29 is 0 Å². The molecule has 0 spiro atoms. The highest BCUT2D eigenvalue weighted by molar-refractivity contribution is 14.0. The lowest BCUT2D eigenvalue weighted by atomic mass is 10.5. The van der Waals surface area contributed by atoms with Crippen LogP contribution in [0, 0.1) is 0 Å². The van der Waals surface area contributed by atoms with Gasteiger partial charge in [0, 0.05) is 18.1 Å². The van der Waals surface area contributed by atoms with E-state index >= 15 is 0 Å². The van der Waals surface area contributed by atoms with E-state index in [2.05, 4.69) is 10.7 Å². The van der Waals surface area contributed by atoms with Gasteiger partial charge < -0.3 is 5.32 Å². The Morgan fingerprint density at radius 2 is 2.38 bits per heavy atom. The van der Waals surface area contributed by atoms with Crippen molar-refractivity contribution in [1.29, 1.82) is 0 Å². The van der Waals surface area contributed by atoms with Crippen LogP contribution in [0.1, 0.15) is 0 Å². The largest absolute Gasteiger partial charge is 0.387 e. The minimum Gasteiger partial charge on any atom is -0.387 e. The first-order valence-electron chi connectivity index (χ1n) is 2.13. The van der Waals surface area contributed by atoms with Gasteiger partial charge in [-0.15, -0.1) is 24.0 Å². The first-order valence-corrected chi connectivity index (χ1v) is 3.07. The fourth-order valence-corrected chi connectivity index (χ4v) is 1.05. The zero-order chi connectivity index (χ0) is 5.11. The van der Waals surface area contributed by atoms with E-state index in [1.54, 1.807) is 11.3 Å². The van der Waals surface area contributed by atoms with Gasteiger partial charge in [-0.05, 0) is 11.4 Å². The molecule has 0 atom stereocenters. The molecule has 1 aromatic rings. The van der Waals surface area contributed by atoms with E-state index in [1.807, 2.05) is 18.5 Å². The van der Waals surface area contributed by atoms with E-state index in [1.165, 1.54) is 5.69 Å². The van der Waals surface area contributed by atoms with Gasteiger partial charge in [-0.3, -0.25) is 0 Å². The van der Waals surface area contributed by atoms with Gasteiger partial charge >= 0.3 is 0 Å². The molecule has 1 nitrogen and oxygen atoms in total. The van der Waals surface area contributed by atoms with E-state index in [0.717, 1.165) is 0 Å². The second-order valence-electron chi connectivity index (χ2n) is 1.26. The Kier molecular flexibility index (Phi) is 4.26. The minimum atomic E-state index is 0. The van der Waals surface area contributed by atoms with Gasteiger partial charge in [0.15, 0.2) is 0 Å². The number of thiophene rings is 1. The smallest absolute Gasteiger partial charge is 0.0446 e. The molecule has 0 fully saturated rings. The topological polar surface area (TPSA) is 12.0 Å². The molecule has 0 amide bonds. The van der Waals surface area contributed by atoms with E-state index in [4.69, 9.17) is 0 Å². The molecule has 3 heteroatoms. The quantitative estimate of drug-likeness (QED) is 0.744. The molecule has 1 heterocycles. The maximum atomic E-state index is 3.02. The van der Waals surface area contributed by atoms with Crippen LogP contribution in [0.15, 0.2) is 16.8 Å². The van der Waals surface area contributed by atoms with E-state index in [-0.39, 0.29) is 24.0 Å². The summed E-state index contributed by atoms with van der Waals surface area (Å²) >= 11 is 1.70. The van der Waals surface area contributed by atoms with Gasteiger partial charge in [-0.2, -0.15) is 11.3 Å². The molecule has 46 valence electrons. The average molecular weight is 241 g/mol. The molecule has 0 saturated heterocycles. The summed E-state index contributed by atoms with van der Waals surface area (Å²) in [6.07, 6.45) is 0. The first-order chi connectivity index (χ1) is 3.43. The molecular weight excluding hydrogens is 233 g/mol. The fraction of sp³-hybridized carbons (Fsp3) is 0.200. The summed E-state index contributed by atoms with van der Waals surface area (Å²) in [4.78, 5) is 0. The molecule has 1 aromatic heterocycles. The predicted molar refractivity (Wildman–Crippen MR) is 49.3 cm³/mol. The normalized spacial score (nSPS) is 7.62. The minimum absolute atomic E-state index is 0. The Morgan fingerprint density at radius 1 is 1.62 bits per heavy atom. The van der Waals surface area contributed by atoms with Crippen molar-refractivity contribution in [3.8, 4) is 0 Å². The summed E-state index contributed by atoms with van der Waals surface area (Å²) in [5.41, 5.74) is 1.20. The monoisotopic (exact) mass is 241 g/mol. The van der Waals surface area contributed by atoms with Crippen LogP contribution in [-0.4, -0.2) is 7.05 Å². The van der Waals surface area contributed by atoms with E-state index in [0.29, 0.717) is 0 Å². The molecule has 1 rings (SSSR count). The molecule has 0 aliphatic rings. The Hall–Kier alpha value is 0.230. The Morgan fingerprint density at radius 3 is 2.62 bits per heavy atom. The Bertz CT molecular complexity index is 127. The number of rotatable bonds is 1. The van der Waals surface area contributed by atoms with Crippen molar-refractivity contribution in [3.63, 3.8) is 0 Å². The van der Waals surface area contributed by atoms with Gasteiger partial charge in [0.1, 0.15) is 0 Å². The second kappa shape index (κ2) is 4.14. The molecule has 0 aromatic carbocycles. The Labute approximate surface area is 70.1 Å². The maximum Gasteiger partial charge on any atom is 0.0446 e. The Balaban J connectivity index is 0.000000490. The lowest BCUT2D eigenvalue weighted by Gasteiger charge is -1.86. The molecule has 1 N–H and O–H groups in total. The number of hydrogen-bond donors (Lipinski definition) is 1. The van der Waals surface area contributed by atoms with Crippen LogP contribution in [0.25, 0.3) is 0 Å². The average Bonchev–Trinajstić information content (AvgIpc) is 2.14. The maximum absolute atomic E-state index is 3.02. The first kappa shape index (κ1) is 8.23. The van der Waals surface area contributed by atoms with Crippen molar-refractivity contribution in [2.24, 2.45) is 0 Å². The van der Waals surface area contributed by atoms with Crippen LogP contribution < -0.4 is 5.32 Å². The summed E-state index contributed by atoms with van der Waals surface area (Å²) in [6, 6.07) is 2.05. The van der Waals surface area contributed by atoms with Crippen LogP contribution in [0.2, 0.25) is 0 Å². The molecule has 0 aliphatic carbocycles. The van der Waals surface area contributed by atoms with Crippen molar-refractivity contribution in [3.05, 3.63) is 16.8 Å². The molecule has 0 aliphatic heterocycles. The molecular formula is C5H8INS. The number of nitrogens with one attached hydrogen (secondary N) is 1. The molecule has 0 bridgehead atoms. The van der Waals surface area contributed by atoms with Crippen LogP contribution in [0.5, 0.6) is 0 Å². The third-order valence-corrected chi connectivity index (χ3v) is 1.49. The number of hydrogen-bond acceptors (Lipinski definition) is 2.